The minimum Gasteiger partial charge on any atom is -0.463 e. The molecule has 1 aliphatic heterocycles. The lowest BCUT2D eigenvalue weighted by Gasteiger charge is -2.34. The van der Waals surface area contributed by atoms with Gasteiger partial charge in [0.05, 0.1) is 12.2 Å². The number of hydrogen-bond acceptors (Lipinski definition) is 4. The first-order valence-corrected chi connectivity index (χ1v) is 9.82. The lowest BCUT2D eigenvalue weighted by molar-refractivity contribution is -0.141. The average Bonchev–Trinajstić information content (AvgIpc) is 2.64. The van der Waals surface area contributed by atoms with Gasteiger partial charge in [-0.3, -0.25) is 9.59 Å². The number of ether oxygens (including phenoxy) is 1. The van der Waals surface area contributed by atoms with E-state index in [4.69, 9.17) is 4.74 Å². The monoisotopic (exact) mass is 386 g/mol. The molecule has 2 atom stereocenters. The van der Waals surface area contributed by atoms with Gasteiger partial charge in [-0.15, -0.1) is 0 Å². The first kappa shape index (κ1) is 21.7. The Hall–Kier alpha value is -2.63. The summed E-state index contributed by atoms with van der Waals surface area (Å²) in [5.74, 6) is -1.22. The highest BCUT2D eigenvalue weighted by atomic mass is 16.5. The average molecular weight is 386 g/mol. The molecule has 0 aliphatic carbocycles. The molecular weight excluding hydrogens is 356 g/mol. The molecule has 152 valence electrons. The smallest absolute Gasteiger partial charge is 0.336 e. The van der Waals surface area contributed by atoms with Gasteiger partial charge in [0.25, 0.3) is 0 Å². The third-order valence-corrected chi connectivity index (χ3v) is 5.08. The molecule has 1 N–H and O–H groups in total. The van der Waals surface area contributed by atoms with Crippen LogP contribution in [0.3, 0.4) is 0 Å². The zero-order valence-corrected chi connectivity index (χ0v) is 17.4. The minimum atomic E-state index is -0.439. The molecule has 0 fully saturated rings. The second-order valence-corrected chi connectivity index (χ2v) is 7.25. The van der Waals surface area contributed by atoms with E-state index in [1.165, 1.54) is 4.90 Å². The van der Waals surface area contributed by atoms with Crippen molar-refractivity contribution in [3.05, 3.63) is 46.7 Å². The van der Waals surface area contributed by atoms with Gasteiger partial charge in [-0.05, 0) is 39.7 Å². The molecule has 6 heteroatoms. The van der Waals surface area contributed by atoms with Gasteiger partial charge in [-0.25, -0.2) is 4.79 Å². The van der Waals surface area contributed by atoms with Crippen LogP contribution >= 0.6 is 0 Å². The Morgan fingerprint density at radius 3 is 2.61 bits per heavy atom. The van der Waals surface area contributed by atoms with Crippen LogP contribution in [0, 0.1) is 6.92 Å². The van der Waals surface area contributed by atoms with Crippen LogP contribution in [0.25, 0.3) is 0 Å². The summed E-state index contributed by atoms with van der Waals surface area (Å²) >= 11 is 0. The largest absolute Gasteiger partial charge is 0.463 e. The van der Waals surface area contributed by atoms with Crippen molar-refractivity contribution in [3.63, 3.8) is 0 Å². The van der Waals surface area contributed by atoms with Crippen molar-refractivity contribution in [1.82, 2.24) is 10.2 Å². The van der Waals surface area contributed by atoms with Crippen LogP contribution in [0.15, 0.2) is 35.5 Å². The zero-order valence-electron chi connectivity index (χ0n) is 17.4. The van der Waals surface area contributed by atoms with Crippen molar-refractivity contribution < 1.29 is 19.1 Å². The number of esters is 1. The maximum Gasteiger partial charge on any atom is 0.336 e. The summed E-state index contributed by atoms with van der Waals surface area (Å²) in [5.41, 5.74) is 2.89. The summed E-state index contributed by atoms with van der Waals surface area (Å²) in [6.07, 6.45) is 0.934. The molecule has 0 aromatic heterocycles. The van der Waals surface area contributed by atoms with Gasteiger partial charge in [0.2, 0.25) is 11.8 Å². The lowest BCUT2D eigenvalue weighted by Crippen LogP contribution is -2.45. The van der Waals surface area contributed by atoms with Crippen LogP contribution in [-0.2, 0) is 19.1 Å². The predicted molar refractivity (Wildman–Crippen MR) is 107 cm³/mol. The van der Waals surface area contributed by atoms with E-state index in [0.29, 0.717) is 11.3 Å². The van der Waals surface area contributed by atoms with E-state index in [0.717, 1.165) is 17.5 Å². The quantitative estimate of drug-likeness (QED) is 0.731. The molecule has 0 bridgehead atoms. The maximum atomic E-state index is 12.8. The number of hydrogen-bond donors (Lipinski definition) is 1. The molecular formula is C22H30N2O4. The Morgan fingerprint density at radius 1 is 1.29 bits per heavy atom. The van der Waals surface area contributed by atoms with Crippen LogP contribution in [0.4, 0.5) is 0 Å². The molecule has 1 aromatic carbocycles. The van der Waals surface area contributed by atoms with Crippen molar-refractivity contribution in [2.75, 3.05) is 13.2 Å². The number of nitrogens with zero attached hydrogens (tertiary/aromatic N) is 1. The Bertz CT molecular complexity index is 784. The van der Waals surface area contributed by atoms with Gasteiger partial charge < -0.3 is 15.0 Å². The Morgan fingerprint density at radius 2 is 2.00 bits per heavy atom. The number of benzene rings is 1. The van der Waals surface area contributed by atoms with Gasteiger partial charge in [-0.1, -0.05) is 36.8 Å². The molecule has 0 saturated carbocycles. The highest BCUT2D eigenvalue weighted by Gasteiger charge is 2.37. The van der Waals surface area contributed by atoms with E-state index < -0.39 is 5.97 Å². The number of allylic oxidation sites excluding steroid dienone is 1. The van der Waals surface area contributed by atoms with Crippen molar-refractivity contribution >= 4 is 17.8 Å². The molecule has 2 amide bonds. The molecule has 2 rings (SSSR count). The molecule has 1 aromatic rings. The molecule has 0 spiro atoms. The SMILES string of the molecule is CCOC(=O)C1=C(C)N(CC(=O)N[C@@H](C)CC)C(=O)C[C@@H]1c1cccc(C)c1. The van der Waals surface area contributed by atoms with Crippen molar-refractivity contribution in [2.45, 2.75) is 59.4 Å². The van der Waals surface area contributed by atoms with Gasteiger partial charge >= 0.3 is 5.97 Å². The first-order valence-electron chi connectivity index (χ1n) is 9.82. The fourth-order valence-corrected chi connectivity index (χ4v) is 3.41. The normalized spacial score (nSPS) is 18.1. The zero-order chi connectivity index (χ0) is 20.8. The van der Waals surface area contributed by atoms with Crippen LogP contribution in [0.5, 0.6) is 0 Å². The fraction of sp³-hybridized carbons (Fsp3) is 0.500. The standard InChI is InChI=1S/C22H30N2O4/c1-6-15(4)23-19(25)13-24-16(5)21(22(27)28-7-2)18(12-20(24)26)17-10-8-9-14(3)11-17/h8-11,15,18H,6-7,12-13H2,1-5H3,(H,23,25)/t15-,18+/m0/s1. The maximum absolute atomic E-state index is 12.8. The van der Waals surface area contributed by atoms with Crippen molar-refractivity contribution in [1.29, 1.82) is 0 Å². The molecule has 6 nitrogen and oxygen atoms in total. The second-order valence-electron chi connectivity index (χ2n) is 7.25. The topological polar surface area (TPSA) is 75.7 Å². The van der Waals surface area contributed by atoms with E-state index in [-0.39, 0.29) is 43.3 Å². The third kappa shape index (κ3) is 5.00. The lowest BCUT2D eigenvalue weighted by atomic mass is 9.83. The first-order chi connectivity index (χ1) is 13.3. The van der Waals surface area contributed by atoms with Crippen LogP contribution in [0.2, 0.25) is 0 Å². The summed E-state index contributed by atoms with van der Waals surface area (Å²) in [6.45, 7) is 9.48. The van der Waals surface area contributed by atoms with E-state index >= 15 is 0 Å². The van der Waals surface area contributed by atoms with Crippen molar-refractivity contribution in [3.8, 4) is 0 Å². The summed E-state index contributed by atoms with van der Waals surface area (Å²) in [6, 6.07) is 7.82. The molecule has 1 aliphatic rings. The minimum absolute atomic E-state index is 0.0289. The number of nitrogens with one attached hydrogen (secondary N) is 1. The number of carbonyl (C=O) groups excluding carboxylic acids is 3. The third-order valence-electron chi connectivity index (χ3n) is 5.08. The number of rotatable bonds is 7. The second kappa shape index (κ2) is 9.53. The molecule has 28 heavy (non-hydrogen) atoms. The van der Waals surface area contributed by atoms with E-state index in [1.54, 1.807) is 13.8 Å². The van der Waals surface area contributed by atoms with Gasteiger partial charge in [0, 0.05) is 24.1 Å². The van der Waals surface area contributed by atoms with E-state index in [2.05, 4.69) is 5.32 Å². The van der Waals surface area contributed by atoms with Gasteiger partial charge in [-0.2, -0.15) is 0 Å². The Kier molecular flexibility index (Phi) is 7.38. The predicted octanol–water partition coefficient (Wildman–Crippen LogP) is 3.06. The van der Waals surface area contributed by atoms with Crippen LogP contribution < -0.4 is 5.32 Å². The highest BCUT2D eigenvalue weighted by molar-refractivity contribution is 5.97. The number of carbonyl (C=O) groups is 3. The van der Waals surface area contributed by atoms with Gasteiger partial charge in [0.1, 0.15) is 6.54 Å². The Labute approximate surface area is 166 Å². The van der Waals surface area contributed by atoms with Crippen molar-refractivity contribution in [2.24, 2.45) is 0 Å². The molecule has 1 heterocycles. The summed E-state index contributed by atoms with van der Waals surface area (Å²) in [4.78, 5) is 39.3. The van der Waals surface area contributed by atoms with Gasteiger partial charge in [0.15, 0.2) is 0 Å². The Balaban J connectivity index is 2.40. The van der Waals surface area contributed by atoms with Crippen LogP contribution in [0.1, 0.15) is 57.6 Å². The fourth-order valence-electron chi connectivity index (χ4n) is 3.41. The molecule has 0 saturated heterocycles. The van der Waals surface area contributed by atoms with Crippen LogP contribution in [-0.4, -0.2) is 41.9 Å². The molecule has 0 radical (unpaired) electrons. The highest BCUT2D eigenvalue weighted by Crippen LogP contribution is 2.37. The summed E-state index contributed by atoms with van der Waals surface area (Å²) in [7, 11) is 0. The molecule has 0 unspecified atom stereocenters. The van der Waals surface area contributed by atoms with E-state index in [9.17, 15) is 14.4 Å². The number of aryl methyl sites for hydroxylation is 1. The summed E-state index contributed by atoms with van der Waals surface area (Å²) < 4.78 is 5.27. The summed E-state index contributed by atoms with van der Waals surface area (Å²) in [5, 5.41) is 2.87. The van der Waals surface area contributed by atoms with E-state index in [1.807, 2.05) is 45.0 Å². The number of amides is 2.